The van der Waals surface area contributed by atoms with Crippen LogP contribution in [0.25, 0.3) is 0 Å². The van der Waals surface area contributed by atoms with Gasteiger partial charge < -0.3 is 14.8 Å². The standard InChI is InChI=1S/C12H23NO3/c1-5-10(14)13-12(8-6-7-9-12)11(2,15-3)16-4/h5-9H2,1-4H3,(H,13,14). The first kappa shape index (κ1) is 13.5. The molecule has 1 aliphatic rings. The molecular formula is C12H23NO3. The molecule has 1 amide bonds. The number of methoxy groups -OCH3 is 2. The van der Waals surface area contributed by atoms with E-state index in [2.05, 4.69) is 5.32 Å². The van der Waals surface area contributed by atoms with Crippen LogP contribution in [0.3, 0.4) is 0 Å². The number of hydrogen-bond acceptors (Lipinski definition) is 3. The number of amides is 1. The Kier molecular flexibility index (Phi) is 4.33. The van der Waals surface area contributed by atoms with Gasteiger partial charge in [-0.05, 0) is 19.8 Å². The number of rotatable bonds is 5. The van der Waals surface area contributed by atoms with Gasteiger partial charge in [0.15, 0.2) is 5.79 Å². The third-order valence-corrected chi connectivity index (χ3v) is 3.81. The van der Waals surface area contributed by atoms with Gasteiger partial charge in [0, 0.05) is 20.6 Å². The van der Waals surface area contributed by atoms with Crippen molar-refractivity contribution in [2.75, 3.05) is 14.2 Å². The fourth-order valence-corrected chi connectivity index (χ4v) is 2.50. The van der Waals surface area contributed by atoms with Crippen LogP contribution in [0.2, 0.25) is 0 Å². The number of hydrogen-bond donors (Lipinski definition) is 1. The largest absolute Gasteiger partial charge is 0.351 e. The van der Waals surface area contributed by atoms with Crippen LogP contribution in [0.1, 0.15) is 46.0 Å². The molecule has 1 fully saturated rings. The van der Waals surface area contributed by atoms with Crippen LogP contribution >= 0.6 is 0 Å². The maximum absolute atomic E-state index is 11.6. The van der Waals surface area contributed by atoms with E-state index in [1.54, 1.807) is 14.2 Å². The highest BCUT2D eigenvalue weighted by Crippen LogP contribution is 2.40. The number of carbonyl (C=O) groups is 1. The van der Waals surface area contributed by atoms with Gasteiger partial charge in [-0.25, -0.2) is 0 Å². The lowest BCUT2D eigenvalue weighted by Gasteiger charge is -2.44. The van der Waals surface area contributed by atoms with Gasteiger partial charge in [0.2, 0.25) is 5.91 Å². The molecule has 94 valence electrons. The van der Waals surface area contributed by atoms with Crippen molar-refractivity contribution in [2.24, 2.45) is 0 Å². The van der Waals surface area contributed by atoms with Crippen LogP contribution < -0.4 is 5.32 Å². The average molecular weight is 229 g/mol. The zero-order chi connectivity index (χ0) is 12.2. The summed E-state index contributed by atoms with van der Waals surface area (Å²) < 4.78 is 11.0. The van der Waals surface area contributed by atoms with Crippen molar-refractivity contribution in [3.05, 3.63) is 0 Å². The highest BCUT2D eigenvalue weighted by molar-refractivity contribution is 5.76. The van der Waals surface area contributed by atoms with Crippen LogP contribution in [0.15, 0.2) is 0 Å². The first-order chi connectivity index (χ1) is 7.53. The van der Waals surface area contributed by atoms with E-state index in [1.807, 2.05) is 13.8 Å². The summed E-state index contributed by atoms with van der Waals surface area (Å²) in [5.41, 5.74) is -0.371. The minimum Gasteiger partial charge on any atom is -0.351 e. The van der Waals surface area contributed by atoms with Crippen molar-refractivity contribution < 1.29 is 14.3 Å². The zero-order valence-electron chi connectivity index (χ0n) is 10.8. The molecular weight excluding hydrogens is 206 g/mol. The summed E-state index contributed by atoms with van der Waals surface area (Å²) in [4.78, 5) is 11.6. The van der Waals surface area contributed by atoms with Gasteiger partial charge in [-0.1, -0.05) is 19.8 Å². The van der Waals surface area contributed by atoms with E-state index in [0.717, 1.165) is 25.7 Å². The van der Waals surface area contributed by atoms with Gasteiger partial charge in [-0.3, -0.25) is 4.79 Å². The lowest BCUT2D eigenvalue weighted by molar-refractivity contribution is -0.241. The van der Waals surface area contributed by atoms with Crippen LogP contribution in [-0.2, 0) is 14.3 Å². The molecule has 1 N–H and O–H groups in total. The summed E-state index contributed by atoms with van der Waals surface area (Å²) in [6.07, 6.45) is 4.53. The summed E-state index contributed by atoms with van der Waals surface area (Å²) in [5.74, 6) is -0.684. The van der Waals surface area contributed by atoms with E-state index in [9.17, 15) is 4.79 Å². The predicted molar refractivity (Wildman–Crippen MR) is 62.1 cm³/mol. The summed E-state index contributed by atoms with van der Waals surface area (Å²) >= 11 is 0. The lowest BCUT2D eigenvalue weighted by atomic mass is 9.87. The molecule has 0 spiro atoms. The Hall–Kier alpha value is -0.610. The first-order valence-corrected chi connectivity index (χ1v) is 5.95. The summed E-state index contributed by atoms with van der Waals surface area (Å²) in [6, 6.07) is 0. The monoisotopic (exact) mass is 229 g/mol. The molecule has 1 rings (SSSR count). The second-order valence-electron chi connectivity index (χ2n) is 4.54. The molecule has 0 atom stereocenters. The Balaban J connectivity index is 2.91. The van der Waals surface area contributed by atoms with Crippen LogP contribution in [0.5, 0.6) is 0 Å². The van der Waals surface area contributed by atoms with Gasteiger partial charge in [0.1, 0.15) is 0 Å². The highest BCUT2D eigenvalue weighted by Gasteiger charge is 2.51. The second kappa shape index (κ2) is 5.15. The molecule has 0 aliphatic heterocycles. The van der Waals surface area contributed by atoms with Gasteiger partial charge in [0.25, 0.3) is 0 Å². The summed E-state index contributed by atoms with van der Waals surface area (Å²) in [5, 5.41) is 3.10. The predicted octanol–water partition coefficient (Wildman–Crippen LogP) is 1.83. The number of carbonyl (C=O) groups excluding carboxylic acids is 1. The fourth-order valence-electron chi connectivity index (χ4n) is 2.50. The SMILES string of the molecule is CCC(=O)NC1(C(C)(OC)OC)CCCC1. The molecule has 0 aromatic rings. The van der Waals surface area contributed by atoms with Crippen molar-refractivity contribution >= 4 is 5.91 Å². The maximum atomic E-state index is 11.6. The number of ether oxygens (including phenoxy) is 2. The Morgan fingerprint density at radius 3 is 2.19 bits per heavy atom. The van der Waals surface area contributed by atoms with Gasteiger partial charge in [0.05, 0.1) is 5.54 Å². The van der Waals surface area contributed by atoms with Crippen molar-refractivity contribution in [3.8, 4) is 0 Å². The zero-order valence-corrected chi connectivity index (χ0v) is 10.8. The molecule has 16 heavy (non-hydrogen) atoms. The fraction of sp³-hybridized carbons (Fsp3) is 0.917. The molecule has 0 unspecified atom stereocenters. The second-order valence-corrected chi connectivity index (χ2v) is 4.54. The molecule has 4 heteroatoms. The molecule has 0 heterocycles. The van der Waals surface area contributed by atoms with Gasteiger partial charge in [-0.15, -0.1) is 0 Å². The minimum atomic E-state index is -0.742. The van der Waals surface area contributed by atoms with Crippen LogP contribution in [-0.4, -0.2) is 31.5 Å². The third-order valence-electron chi connectivity index (χ3n) is 3.81. The van der Waals surface area contributed by atoms with E-state index in [1.165, 1.54) is 0 Å². The maximum Gasteiger partial charge on any atom is 0.220 e. The molecule has 1 saturated carbocycles. The molecule has 0 radical (unpaired) electrons. The van der Waals surface area contributed by atoms with Gasteiger partial charge in [-0.2, -0.15) is 0 Å². The van der Waals surface area contributed by atoms with Crippen molar-refractivity contribution in [2.45, 2.75) is 57.3 Å². The van der Waals surface area contributed by atoms with Crippen LogP contribution in [0, 0.1) is 0 Å². The van der Waals surface area contributed by atoms with Crippen molar-refractivity contribution in [1.29, 1.82) is 0 Å². The topological polar surface area (TPSA) is 47.6 Å². The molecule has 4 nitrogen and oxygen atoms in total. The molecule has 0 aromatic carbocycles. The quantitative estimate of drug-likeness (QED) is 0.732. The Morgan fingerprint density at radius 1 is 1.31 bits per heavy atom. The minimum absolute atomic E-state index is 0.0576. The lowest BCUT2D eigenvalue weighted by Crippen LogP contribution is -2.63. The van der Waals surface area contributed by atoms with Gasteiger partial charge >= 0.3 is 0 Å². The summed E-state index contributed by atoms with van der Waals surface area (Å²) in [6.45, 7) is 3.75. The molecule has 0 bridgehead atoms. The normalized spacial score (nSPS) is 19.8. The third kappa shape index (κ3) is 2.23. The van der Waals surface area contributed by atoms with E-state index in [-0.39, 0.29) is 11.4 Å². The Bertz CT molecular complexity index is 243. The van der Waals surface area contributed by atoms with Crippen LogP contribution in [0.4, 0.5) is 0 Å². The molecule has 0 aromatic heterocycles. The summed E-state index contributed by atoms with van der Waals surface area (Å²) in [7, 11) is 3.25. The average Bonchev–Trinajstić information content (AvgIpc) is 2.77. The Labute approximate surface area is 97.7 Å². The number of nitrogens with one attached hydrogen (secondary N) is 1. The van der Waals surface area contributed by atoms with Crippen molar-refractivity contribution in [3.63, 3.8) is 0 Å². The van der Waals surface area contributed by atoms with E-state index in [4.69, 9.17) is 9.47 Å². The van der Waals surface area contributed by atoms with E-state index >= 15 is 0 Å². The van der Waals surface area contributed by atoms with Crippen molar-refractivity contribution in [1.82, 2.24) is 5.32 Å². The first-order valence-electron chi connectivity index (χ1n) is 5.95. The highest BCUT2D eigenvalue weighted by atomic mass is 16.7. The molecule has 1 aliphatic carbocycles. The van der Waals surface area contributed by atoms with E-state index < -0.39 is 5.79 Å². The molecule has 0 saturated heterocycles. The smallest absolute Gasteiger partial charge is 0.220 e. The van der Waals surface area contributed by atoms with E-state index in [0.29, 0.717) is 6.42 Å². The Morgan fingerprint density at radius 2 is 1.81 bits per heavy atom.